The summed E-state index contributed by atoms with van der Waals surface area (Å²) in [6.07, 6.45) is 3.20. The zero-order valence-corrected chi connectivity index (χ0v) is 13.7. The predicted molar refractivity (Wildman–Crippen MR) is 85.0 cm³/mol. The van der Waals surface area contributed by atoms with Gasteiger partial charge in [0.05, 0.1) is 11.9 Å². The molecule has 0 aliphatic heterocycles. The first-order chi connectivity index (χ1) is 11.7. The first kappa shape index (κ1) is 17.1. The predicted octanol–water partition coefficient (Wildman–Crippen LogP) is 2.72. The van der Waals surface area contributed by atoms with Gasteiger partial charge in [-0.15, -0.1) is 0 Å². The lowest BCUT2D eigenvalue weighted by molar-refractivity contribution is -0.146. The molecule has 1 aromatic heterocycles. The fraction of sp³-hybridized carbons (Fsp3) is 0.353. The van der Waals surface area contributed by atoms with E-state index in [1.807, 2.05) is 0 Å². The summed E-state index contributed by atoms with van der Waals surface area (Å²) in [5, 5.41) is 15.8. The van der Waals surface area contributed by atoms with E-state index in [9.17, 15) is 23.5 Å². The smallest absolute Gasteiger partial charge is 0.331 e. The molecule has 1 heterocycles. The van der Waals surface area contributed by atoms with Gasteiger partial charge in [0.15, 0.2) is 17.2 Å². The van der Waals surface area contributed by atoms with Crippen LogP contribution < -0.4 is 5.32 Å². The van der Waals surface area contributed by atoms with E-state index in [4.69, 9.17) is 0 Å². The standard InChI is InChI=1S/C17H17F2N3O3/c1-17(2,16(24)25)22-8-9(7-20-22)21-15(23)12-6-11(12)10-4-3-5-13(18)14(10)19/h3-5,7-8,11-12H,6H2,1-2H3,(H,21,23)(H,24,25). The van der Waals surface area contributed by atoms with E-state index in [2.05, 4.69) is 10.4 Å². The van der Waals surface area contributed by atoms with Gasteiger partial charge >= 0.3 is 5.97 Å². The SMILES string of the molecule is CC(C)(C(=O)O)n1cc(NC(=O)C2CC2c2cccc(F)c2F)cn1. The fourth-order valence-corrected chi connectivity index (χ4v) is 2.66. The highest BCUT2D eigenvalue weighted by Gasteiger charge is 2.45. The molecule has 1 fully saturated rings. The van der Waals surface area contributed by atoms with Crippen LogP contribution in [0.25, 0.3) is 0 Å². The van der Waals surface area contributed by atoms with E-state index in [1.165, 1.54) is 43.1 Å². The maximum absolute atomic E-state index is 13.8. The summed E-state index contributed by atoms with van der Waals surface area (Å²) in [5.41, 5.74) is -0.706. The molecular weight excluding hydrogens is 332 g/mol. The third-order valence-electron chi connectivity index (χ3n) is 4.45. The maximum Gasteiger partial charge on any atom is 0.331 e. The number of hydrogen-bond donors (Lipinski definition) is 2. The van der Waals surface area contributed by atoms with Gasteiger partial charge in [0.1, 0.15) is 0 Å². The lowest BCUT2D eigenvalue weighted by Crippen LogP contribution is -2.35. The van der Waals surface area contributed by atoms with E-state index < -0.39 is 29.1 Å². The topological polar surface area (TPSA) is 84.2 Å². The van der Waals surface area contributed by atoms with Crippen molar-refractivity contribution in [1.29, 1.82) is 0 Å². The molecule has 0 spiro atoms. The Hall–Kier alpha value is -2.77. The lowest BCUT2D eigenvalue weighted by atomic mass is 10.1. The number of carbonyl (C=O) groups excluding carboxylic acids is 1. The number of aliphatic carboxylic acids is 1. The van der Waals surface area contributed by atoms with E-state index >= 15 is 0 Å². The highest BCUT2D eigenvalue weighted by Crippen LogP contribution is 2.49. The van der Waals surface area contributed by atoms with Crippen molar-refractivity contribution in [3.8, 4) is 0 Å². The van der Waals surface area contributed by atoms with E-state index in [-0.39, 0.29) is 17.4 Å². The second-order valence-corrected chi connectivity index (χ2v) is 6.62. The molecule has 1 amide bonds. The molecule has 8 heteroatoms. The monoisotopic (exact) mass is 349 g/mol. The van der Waals surface area contributed by atoms with Crippen molar-refractivity contribution in [3.05, 3.63) is 47.8 Å². The second-order valence-electron chi connectivity index (χ2n) is 6.62. The minimum absolute atomic E-state index is 0.197. The summed E-state index contributed by atoms with van der Waals surface area (Å²) >= 11 is 0. The Bertz CT molecular complexity index is 847. The molecule has 0 bridgehead atoms. The van der Waals surface area contributed by atoms with Crippen molar-refractivity contribution in [2.24, 2.45) is 5.92 Å². The molecule has 0 saturated heterocycles. The van der Waals surface area contributed by atoms with Crippen molar-refractivity contribution in [3.63, 3.8) is 0 Å². The molecular formula is C17H17F2N3O3. The van der Waals surface area contributed by atoms with Gasteiger partial charge in [-0.05, 0) is 37.8 Å². The number of nitrogens with one attached hydrogen (secondary N) is 1. The normalized spacial score (nSPS) is 19.5. The van der Waals surface area contributed by atoms with Crippen LogP contribution in [0.3, 0.4) is 0 Å². The molecule has 1 saturated carbocycles. The van der Waals surface area contributed by atoms with Gasteiger partial charge in [-0.3, -0.25) is 9.48 Å². The molecule has 25 heavy (non-hydrogen) atoms. The number of nitrogens with zero attached hydrogens (tertiary/aromatic N) is 2. The minimum atomic E-state index is -1.25. The molecule has 1 aliphatic carbocycles. The van der Waals surface area contributed by atoms with Crippen molar-refractivity contribution in [2.45, 2.75) is 31.7 Å². The van der Waals surface area contributed by atoms with Gasteiger partial charge in [0.2, 0.25) is 5.91 Å². The number of carboxylic acid groups (broad SMARTS) is 1. The number of hydrogen-bond acceptors (Lipinski definition) is 3. The number of amides is 1. The number of aromatic nitrogens is 2. The number of rotatable bonds is 5. The van der Waals surface area contributed by atoms with Gasteiger partial charge in [-0.1, -0.05) is 12.1 Å². The van der Waals surface area contributed by atoms with Crippen LogP contribution in [0.15, 0.2) is 30.6 Å². The summed E-state index contributed by atoms with van der Waals surface area (Å²) in [4.78, 5) is 23.5. The average Bonchev–Trinajstić information content (AvgIpc) is 3.20. The maximum atomic E-state index is 13.8. The molecule has 2 atom stereocenters. The highest BCUT2D eigenvalue weighted by atomic mass is 19.2. The highest BCUT2D eigenvalue weighted by molar-refractivity contribution is 5.95. The Labute approximate surface area is 142 Å². The minimum Gasteiger partial charge on any atom is -0.479 e. The van der Waals surface area contributed by atoms with Gasteiger partial charge < -0.3 is 10.4 Å². The Kier molecular flexibility index (Phi) is 4.06. The number of carbonyl (C=O) groups is 2. The van der Waals surface area contributed by atoms with Crippen molar-refractivity contribution in [1.82, 2.24) is 9.78 Å². The van der Waals surface area contributed by atoms with E-state index in [1.54, 1.807) is 0 Å². The largest absolute Gasteiger partial charge is 0.479 e. The zero-order chi connectivity index (χ0) is 18.4. The van der Waals surface area contributed by atoms with Crippen molar-refractivity contribution < 1.29 is 23.5 Å². The third kappa shape index (κ3) is 3.11. The van der Waals surface area contributed by atoms with E-state index in [0.29, 0.717) is 12.1 Å². The molecule has 2 unspecified atom stereocenters. The van der Waals surface area contributed by atoms with Crippen molar-refractivity contribution >= 4 is 17.6 Å². The quantitative estimate of drug-likeness (QED) is 0.869. The molecule has 1 aliphatic rings. The lowest BCUT2D eigenvalue weighted by Gasteiger charge is -2.19. The Balaban J connectivity index is 1.68. The van der Waals surface area contributed by atoms with Crippen LogP contribution in [-0.2, 0) is 15.1 Å². The van der Waals surface area contributed by atoms with Gasteiger partial charge in [0.25, 0.3) is 0 Å². The number of benzene rings is 1. The summed E-state index contributed by atoms with van der Waals surface area (Å²) in [5.74, 6) is -4.05. The molecule has 6 nitrogen and oxygen atoms in total. The second kappa shape index (κ2) is 5.94. The molecule has 1 aromatic carbocycles. The van der Waals surface area contributed by atoms with Crippen LogP contribution in [0.4, 0.5) is 14.5 Å². The van der Waals surface area contributed by atoms with Gasteiger partial charge in [-0.2, -0.15) is 5.10 Å². The Morgan fingerprint density at radius 3 is 2.76 bits per heavy atom. The summed E-state index contributed by atoms with van der Waals surface area (Å²) in [6, 6.07) is 3.93. The Morgan fingerprint density at radius 1 is 1.36 bits per heavy atom. The van der Waals surface area contributed by atoms with Crippen LogP contribution in [-0.4, -0.2) is 26.8 Å². The Morgan fingerprint density at radius 2 is 2.08 bits per heavy atom. The molecule has 3 rings (SSSR count). The molecule has 132 valence electrons. The van der Waals surface area contributed by atoms with Crippen LogP contribution in [0.1, 0.15) is 31.7 Å². The first-order valence-electron chi connectivity index (χ1n) is 7.75. The average molecular weight is 349 g/mol. The summed E-state index contributed by atoms with van der Waals surface area (Å²) in [7, 11) is 0. The zero-order valence-electron chi connectivity index (χ0n) is 13.7. The number of anilines is 1. The van der Waals surface area contributed by atoms with Gasteiger partial charge in [0, 0.05) is 12.1 Å². The molecule has 2 aromatic rings. The summed E-state index contributed by atoms with van der Waals surface area (Å²) < 4.78 is 28.3. The van der Waals surface area contributed by atoms with Gasteiger partial charge in [-0.25, -0.2) is 13.6 Å². The summed E-state index contributed by atoms with van der Waals surface area (Å²) in [6.45, 7) is 2.97. The van der Waals surface area contributed by atoms with Crippen LogP contribution >= 0.6 is 0 Å². The van der Waals surface area contributed by atoms with Crippen LogP contribution in [0.2, 0.25) is 0 Å². The van der Waals surface area contributed by atoms with Crippen LogP contribution in [0.5, 0.6) is 0 Å². The third-order valence-corrected chi connectivity index (χ3v) is 4.45. The van der Waals surface area contributed by atoms with Crippen LogP contribution in [0, 0.1) is 17.6 Å². The van der Waals surface area contributed by atoms with E-state index in [0.717, 1.165) is 6.07 Å². The number of halogens is 2. The fourth-order valence-electron chi connectivity index (χ4n) is 2.66. The number of carboxylic acids is 1. The first-order valence-corrected chi connectivity index (χ1v) is 7.75. The van der Waals surface area contributed by atoms with Crippen molar-refractivity contribution in [2.75, 3.05) is 5.32 Å². The molecule has 2 N–H and O–H groups in total. The molecule has 0 radical (unpaired) electrons.